The number of rotatable bonds is 8. The first-order chi connectivity index (χ1) is 23.3. The van der Waals surface area contributed by atoms with Crippen LogP contribution in [0.5, 0.6) is 0 Å². The lowest BCUT2D eigenvalue weighted by atomic mass is 9.84. The van der Waals surface area contributed by atoms with Gasteiger partial charge in [-0.15, -0.1) is 0 Å². The summed E-state index contributed by atoms with van der Waals surface area (Å²) in [6.45, 7) is 15.9. The summed E-state index contributed by atoms with van der Waals surface area (Å²) in [6, 6.07) is 28.2. The van der Waals surface area contributed by atoms with Crippen molar-refractivity contribution in [2.75, 3.05) is 36.0 Å². The van der Waals surface area contributed by atoms with E-state index in [0.29, 0.717) is 22.3 Å². The zero-order valence-corrected chi connectivity index (χ0v) is 28.4. The van der Waals surface area contributed by atoms with Gasteiger partial charge < -0.3 is 18.6 Å². The highest BCUT2D eigenvalue weighted by atomic mass is 16.4. The molecule has 7 rings (SSSR count). The van der Waals surface area contributed by atoms with Crippen LogP contribution in [0.3, 0.4) is 0 Å². The summed E-state index contributed by atoms with van der Waals surface area (Å²) >= 11 is 0. The van der Waals surface area contributed by atoms with Crippen molar-refractivity contribution in [3.05, 3.63) is 117 Å². The maximum absolute atomic E-state index is 14.0. The summed E-state index contributed by atoms with van der Waals surface area (Å²) in [6.07, 6.45) is 0. The van der Waals surface area contributed by atoms with Crippen LogP contribution in [-0.2, 0) is 0 Å². The van der Waals surface area contributed by atoms with E-state index in [0.717, 1.165) is 92.1 Å². The fourth-order valence-corrected chi connectivity index (χ4v) is 7.50. The molecule has 0 aliphatic heterocycles. The van der Waals surface area contributed by atoms with E-state index in [1.165, 1.54) is 0 Å². The Morgan fingerprint density at radius 1 is 0.458 bits per heavy atom. The molecule has 242 valence electrons. The third-order valence-electron chi connectivity index (χ3n) is 9.99. The maximum Gasteiger partial charge on any atom is 0.344 e. The fraction of sp³-hybridized carbons (Fsp3) is 0.238. The highest BCUT2D eigenvalue weighted by Gasteiger charge is 2.25. The number of benzene rings is 5. The maximum atomic E-state index is 14.0. The van der Waals surface area contributed by atoms with Gasteiger partial charge in [-0.05, 0) is 98.5 Å². The second-order valence-corrected chi connectivity index (χ2v) is 12.3. The minimum atomic E-state index is -0.384. The monoisotopic (exact) mass is 636 g/mol. The van der Waals surface area contributed by atoms with Crippen molar-refractivity contribution in [3.8, 4) is 22.3 Å². The normalized spacial score (nSPS) is 11.6. The fourth-order valence-electron chi connectivity index (χ4n) is 7.50. The van der Waals surface area contributed by atoms with Crippen LogP contribution < -0.4 is 21.1 Å². The summed E-state index contributed by atoms with van der Waals surface area (Å²) in [5.74, 6) is 0. The van der Waals surface area contributed by atoms with Gasteiger partial charge in [0.2, 0.25) is 0 Å². The molecule has 0 bridgehead atoms. The zero-order valence-electron chi connectivity index (χ0n) is 28.4. The van der Waals surface area contributed by atoms with Crippen LogP contribution in [0.1, 0.15) is 38.8 Å². The SMILES string of the molecule is CCN(CC)c1ccc2c(C)c(-c3c4ccccc4c(-c4c(C)c5ccc(N(CC)CC)cc5oc4=O)c4ccccc34)c(=O)oc2c1. The summed E-state index contributed by atoms with van der Waals surface area (Å²) in [5, 5.41) is 5.28. The Hall–Kier alpha value is -5.36. The van der Waals surface area contributed by atoms with Gasteiger partial charge in [0.25, 0.3) is 0 Å². The number of aryl methyl sites for hydroxylation is 2. The van der Waals surface area contributed by atoms with Gasteiger partial charge in [-0.25, -0.2) is 9.59 Å². The second kappa shape index (κ2) is 12.3. The second-order valence-electron chi connectivity index (χ2n) is 12.3. The van der Waals surface area contributed by atoms with Crippen LogP contribution in [-0.4, -0.2) is 26.2 Å². The van der Waals surface area contributed by atoms with Crippen LogP contribution in [0.25, 0.3) is 65.7 Å². The first kappa shape index (κ1) is 31.3. The van der Waals surface area contributed by atoms with E-state index in [1.807, 2.05) is 74.5 Å². The molecule has 2 aromatic heterocycles. The van der Waals surface area contributed by atoms with Gasteiger partial charge >= 0.3 is 11.3 Å². The summed E-state index contributed by atoms with van der Waals surface area (Å²) in [5.41, 5.74) is 6.82. The molecule has 7 aromatic rings. The molecule has 0 spiro atoms. The van der Waals surface area contributed by atoms with E-state index in [4.69, 9.17) is 8.83 Å². The first-order valence-electron chi connectivity index (χ1n) is 16.9. The van der Waals surface area contributed by atoms with E-state index < -0.39 is 0 Å². The third kappa shape index (κ3) is 4.86. The van der Waals surface area contributed by atoms with Crippen molar-refractivity contribution in [1.29, 1.82) is 0 Å². The van der Waals surface area contributed by atoms with Crippen molar-refractivity contribution in [3.63, 3.8) is 0 Å². The molecule has 0 atom stereocenters. The molecule has 5 aromatic carbocycles. The predicted molar refractivity (Wildman–Crippen MR) is 201 cm³/mol. The van der Waals surface area contributed by atoms with Gasteiger partial charge in [0.1, 0.15) is 11.2 Å². The highest BCUT2D eigenvalue weighted by Crippen LogP contribution is 2.45. The molecule has 0 fully saturated rings. The Balaban J connectivity index is 1.53. The molecule has 0 saturated carbocycles. The van der Waals surface area contributed by atoms with E-state index in [-0.39, 0.29) is 11.3 Å². The number of anilines is 2. The van der Waals surface area contributed by atoms with Crippen LogP contribution in [0.15, 0.2) is 103 Å². The molecule has 0 aliphatic carbocycles. The van der Waals surface area contributed by atoms with Gasteiger partial charge in [0, 0.05) is 71.6 Å². The summed E-state index contributed by atoms with van der Waals surface area (Å²) in [4.78, 5) is 32.6. The van der Waals surface area contributed by atoms with Crippen LogP contribution in [0.4, 0.5) is 11.4 Å². The molecule has 0 saturated heterocycles. The van der Waals surface area contributed by atoms with E-state index in [1.54, 1.807) is 0 Å². The van der Waals surface area contributed by atoms with E-state index in [9.17, 15) is 9.59 Å². The first-order valence-corrected chi connectivity index (χ1v) is 16.9. The average molecular weight is 637 g/mol. The molecule has 0 unspecified atom stereocenters. The molecule has 0 aliphatic rings. The molecule has 48 heavy (non-hydrogen) atoms. The van der Waals surface area contributed by atoms with E-state index in [2.05, 4.69) is 61.8 Å². The Labute approximate surface area is 279 Å². The minimum Gasteiger partial charge on any atom is -0.422 e. The smallest absolute Gasteiger partial charge is 0.344 e. The van der Waals surface area contributed by atoms with Gasteiger partial charge in [-0.3, -0.25) is 0 Å². The van der Waals surface area contributed by atoms with Gasteiger partial charge in [-0.2, -0.15) is 0 Å². The largest absolute Gasteiger partial charge is 0.422 e. The molecular weight excluding hydrogens is 596 g/mol. The van der Waals surface area contributed by atoms with E-state index >= 15 is 0 Å². The number of fused-ring (bicyclic) bond motifs is 4. The molecule has 0 amide bonds. The lowest BCUT2D eigenvalue weighted by Gasteiger charge is -2.22. The van der Waals surface area contributed by atoms with Gasteiger partial charge in [0.15, 0.2) is 0 Å². The quantitative estimate of drug-likeness (QED) is 0.122. The average Bonchev–Trinajstić information content (AvgIpc) is 3.09. The Morgan fingerprint density at radius 2 is 0.792 bits per heavy atom. The number of hydrogen-bond acceptors (Lipinski definition) is 6. The number of hydrogen-bond donors (Lipinski definition) is 0. The lowest BCUT2D eigenvalue weighted by Crippen LogP contribution is -2.21. The van der Waals surface area contributed by atoms with Crippen molar-refractivity contribution < 1.29 is 8.83 Å². The standard InChI is InChI=1S/C42H40N2O4/c1-7-43(8-2)27-19-21-29-25(5)37(41(45)47-35(29)23-27)39-31-15-11-13-17-33(31)40(34-18-14-12-16-32(34)39)38-26(6)30-22-20-28(44(9-3)10-4)24-36(30)48-42(38)46/h11-24H,7-10H2,1-6H3. The van der Waals surface area contributed by atoms with Crippen molar-refractivity contribution in [2.24, 2.45) is 0 Å². The highest BCUT2D eigenvalue weighted by molar-refractivity contribution is 6.22. The van der Waals surface area contributed by atoms with Crippen LogP contribution in [0.2, 0.25) is 0 Å². The van der Waals surface area contributed by atoms with Crippen molar-refractivity contribution in [1.82, 2.24) is 0 Å². The number of nitrogens with zero attached hydrogens (tertiary/aromatic N) is 2. The molecular formula is C42H40N2O4. The molecule has 2 heterocycles. The summed E-state index contributed by atoms with van der Waals surface area (Å²) in [7, 11) is 0. The molecule has 0 N–H and O–H groups in total. The lowest BCUT2D eigenvalue weighted by molar-refractivity contribution is 0.562. The van der Waals surface area contributed by atoms with Crippen LogP contribution in [0, 0.1) is 13.8 Å². The minimum absolute atomic E-state index is 0.384. The zero-order chi connectivity index (χ0) is 33.7. The molecule has 6 heteroatoms. The predicted octanol–water partition coefficient (Wildman–Crippen LogP) is 9.85. The van der Waals surface area contributed by atoms with Crippen LogP contribution >= 0.6 is 0 Å². The van der Waals surface area contributed by atoms with Gasteiger partial charge in [-0.1, -0.05) is 48.5 Å². The Kier molecular flexibility index (Phi) is 8.04. The van der Waals surface area contributed by atoms with Crippen molar-refractivity contribution in [2.45, 2.75) is 41.5 Å². The van der Waals surface area contributed by atoms with Crippen molar-refractivity contribution >= 4 is 54.9 Å². The Bertz CT molecular complexity index is 2250. The molecule has 6 nitrogen and oxygen atoms in total. The summed E-state index contributed by atoms with van der Waals surface area (Å²) < 4.78 is 12.2. The molecule has 0 radical (unpaired) electrons. The topological polar surface area (TPSA) is 66.9 Å². The van der Waals surface area contributed by atoms with Gasteiger partial charge in [0.05, 0.1) is 11.1 Å². The third-order valence-corrected chi connectivity index (χ3v) is 9.99. The Morgan fingerprint density at radius 3 is 1.10 bits per heavy atom.